The summed E-state index contributed by atoms with van der Waals surface area (Å²) in [5.74, 6) is 0.634. The van der Waals surface area contributed by atoms with E-state index < -0.39 is 0 Å². The van der Waals surface area contributed by atoms with Gasteiger partial charge in [0.15, 0.2) is 0 Å². The number of carbonyl (C=O) groups is 1. The topological polar surface area (TPSA) is 136 Å². The molecule has 2 atom stereocenters. The van der Waals surface area contributed by atoms with Gasteiger partial charge in [0, 0.05) is 56.2 Å². The number of hydrogen-bond acceptors (Lipinski definition) is 10. The van der Waals surface area contributed by atoms with Gasteiger partial charge in [0.1, 0.15) is 0 Å². The van der Waals surface area contributed by atoms with Crippen molar-refractivity contribution in [2.75, 3.05) is 25.1 Å². The highest BCUT2D eigenvalue weighted by molar-refractivity contribution is 5.90. The Hall–Kier alpha value is -4.16. The van der Waals surface area contributed by atoms with Crippen LogP contribution in [0, 0.1) is 0 Å². The van der Waals surface area contributed by atoms with Gasteiger partial charge in [-0.1, -0.05) is 38.1 Å². The predicted molar refractivity (Wildman–Crippen MR) is 151 cm³/mol. The fourth-order valence-electron chi connectivity index (χ4n) is 5.30. The van der Waals surface area contributed by atoms with Crippen LogP contribution in [0.2, 0.25) is 0 Å². The van der Waals surface area contributed by atoms with Crippen LogP contribution >= 0.6 is 0 Å². The van der Waals surface area contributed by atoms with Gasteiger partial charge < -0.3 is 19.9 Å². The molecule has 41 heavy (non-hydrogen) atoms. The minimum atomic E-state index is -0.344. The van der Waals surface area contributed by atoms with Crippen LogP contribution in [0.4, 0.5) is 11.6 Å². The number of ether oxygens (including phenoxy) is 1. The third-order valence-electron chi connectivity index (χ3n) is 7.51. The van der Waals surface area contributed by atoms with E-state index in [4.69, 9.17) is 14.2 Å². The number of carbonyl (C=O) groups excluding carboxylic acids is 1. The first-order chi connectivity index (χ1) is 19.7. The maximum atomic E-state index is 13.2. The molecule has 0 bridgehead atoms. The monoisotopic (exact) mass is 557 g/mol. The normalized spacial score (nSPS) is 19.5. The van der Waals surface area contributed by atoms with E-state index in [0.717, 1.165) is 67.2 Å². The predicted octanol–water partition coefficient (Wildman–Crippen LogP) is 3.77. The first kappa shape index (κ1) is 27.0. The highest BCUT2D eigenvalue weighted by atomic mass is 16.5. The molecule has 4 aromatic rings. The Balaban J connectivity index is 1.28. The summed E-state index contributed by atoms with van der Waals surface area (Å²) in [7, 11) is 1.86. The molecule has 0 radical (unpaired) electrons. The van der Waals surface area contributed by atoms with E-state index in [0.29, 0.717) is 17.9 Å². The summed E-state index contributed by atoms with van der Waals surface area (Å²) in [6.07, 6.45) is 7.10. The maximum absolute atomic E-state index is 13.2. The lowest BCUT2D eigenvalue weighted by Crippen LogP contribution is -2.36. The number of fused-ring (bicyclic) bond motifs is 1. The number of anilines is 2. The molecular weight excluding hydrogens is 522 g/mol. The van der Waals surface area contributed by atoms with Crippen molar-refractivity contribution < 1.29 is 14.1 Å². The van der Waals surface area contributed by atoms with E-state index in [-0.39, 0.29) is 23.2 Å². The lowest BCUT2D eigenvalue weighted by Gasteiger charge is -2.26. The number of aromatic nitrogens is 6. The molecule has 12 nitrogen and oxygen atoms in total. The van der Waals surface area contributed by atoms with Crippen molar-refractivity contribution in [1.82, 2.24) is 40.1 Å². The first-order valence-corrected chi connectivity index (χ1v) is 13.9. The van der Waals surface area contributed by atoms with Crippen molar-refractivity contribution in [1.29, 1.82) is 0 Å². The van der Waals surface area contributed by atoms with Crippen LogP contribution in [0.5, 0.6) is 0 Å². The summed E-state index contributed by atoms with van der Waals surface area (Å²) in [6.45, 7) is 8.99. The van der Waals surface area contributed by atoms with Crippen LogP contribution in [0.1, 0.15) is 67.3 Å². The number of amides is 1. The zero-order chi connectivity index (χ0) is 28.6. The number of nitrogens with zero attached hydrogens (tertiary/aromatic N) is 7. The van der Waals surface area contributed by atoms with E-state index in [1.165, 1.54) is 0 Å². The number of nitrogens with one attached hydrogen (secondary N) is 2. The van der Waals surface area contributed by atoms with Gasteiger partial charge in [0.2, 0.25) is 11.8 Å². The lowest BCUT2D eigenvalue weighted by atomic mass is 9.96. The molecule has 0 spiro atoms. The second kappa shape index (κ2) is 11.0. The maximum Gasteiger partial charge on any atom is 0.293 e. The summed E-state index contributed by atoms with van der Waals surface area (Å²) in [5, 5.41) is 14.5. The second-order valence-electron chi connectivity index (χ2n) is 11.7. The van der Waals surface area contributed by atoms with Crippen LogP contribution in [-0.4, -0.2) is 66.5 Å². The van der Waals surface area contributed by atoms with Gasteiger partial charge in [-0.3, -0.25) is 14.4 Å². The van der Waals surface area contributed by atoms with Crippen molar-refractivity contribution in [3.05, 3.63) is 65.7 Å². The third kappa shape index (κ3) is 5.98. The molecule has 12 heteroatoms. The lowest BCUT2D eigenvalue weighted by molar-refractivity contribution is 0.0915. The van der Waals surface area contributed by atoms with E-state index in [1.807, 2.05) is 40.1 Å². The minimum absolute atomic E-state index is 0.0491. The summed E-state index contributed by atoms with van der Waals surface area (Å²) < 4.78 is 12.8. The zero-order valence-corrected chi connectivity index (χ0v) is 23.8. The van der Waals surface area contributed by atoms with Crippen molar-refractivity contribution >= 4 is 17.5 Å². The standard InChI is InChI=1S/C29H35N9O3/c1-29(2,3)27-35-25(36-41-27)26(39)33-24-8-11-38(21-9-12-40-17-21)15-19-13-18(5-6-22(19)24)23-7-10-30-28(34-23)32-20-14-31-37(4)16-20/h5-7,10,13-14,16,21,24H,8-9,11-12,15,17H2,1-4H3,(H,33,39)(H,30,32,34)/t21-,24-/m0/s1. The molecule has 5 heterocycles. The van der Waals surface area contributed by atoms with Crippen molar-refractivity contribution in [3.63, 3.8) is 0 Å². The number of hydrogen-bond donors (Lipinski definition) is 2. The third-order valence-corrected chi connectivity index (χ3v) is 7.51. The van der Waals surface area contributed by atoms with Crippen molar-refractivity contribution in [3.8, 4) is 11.3 Å². The van der Waals surface area contributed by atoms with Gasteiger partial charge in [-0.2, -0.15) is 10.1 Å². The van der Waals surface area contributed by atoms with Gasteiger partial charge in [0.25, 0.3) is 11.7 Å². The Labute approximate surface area is 238 Å². The molecule has 3 aromatic heterocycles. The highest BCUT2D eigenvalue weighted by Gasteiger charge is 2.31. The van der Waals surface area contributed by atoms with Gasteiger partial charge in [-0.25, -0.2) is 9.97 Å². The van der Waals surface area contributed by atoms with Gasteiger partial charge in [-0.05, 0) is 36.1 Å². The molecule has 6 rings (SSSR count). The molecule has 2 aliphatic rings. The Bertz CT molecular complexity index is 1530. The number of rotatable bonds is 6. The molecule has 214 valence electrons. The van der Waals surface area contributed by atoms with Crippen LogP contribution in [0.25, 0.3) is 11.3 Å². The van der Waals surface area contributed by atoms with Gasteiger partial charge in [-0.15, -0.1) is 0 Å². The Morgan fingerprint density at radius 1 is 1.15 bits per heavy atom. The van der Waals surface area contributed by atoms with E-state index in [2.05, 4.69) is 54.0 Å². The SMILES string of the molecule is Cn1cc(Nc2nccc(-c3ccc4c(c3)CN([C@H]3CCOC3)CC[C@@H]4NC(=O)c3noc(C(C)(C)C)n3)n2)cn1. The van der Waals surface area contributed by atoms with Crippen LogP contribution < -0.4 is 10.6 Å². The number of aryl methyl sites for hydroxylation is 1. The molecule has 0 saturated carbocycles. The van der Waals surface area contributed by atoms with E-state index >= 15 is 0 Å². The Kier molecular flexibility index (Phi) is 7.26. The molecule has 0 aliphatic carbocycles. The van der Waals surface area contributed by atoms with Crippen LogP contribution in [-0.2, 0) is 23.7 Å². The van der Waals surface area contributed by atoms with Gasteiger partial charge >= 0.3 is 0 Å². The highest BCUT2D eigenvalue weighted by Crippen LogP contribution is 2.33. The zero-order valence-electron chi connectivity index (χ0n) is 23.8. The van der Waals surface area contributed by atoms with Crippen molar-refractivity contribution in [2.24, 2.45) is 7.05 Å². The second-order valence-corrected chi connectivity index (χ2v) is 11.7. The molecule has 2 N–H and O–H groups in total. The van der Waals surface area contributed by atoms with Crippen molar-refractivity contribution in [2.45, 2.75) is 57.7 Å². The quantitative estimate of drug-likeness (QED) is 0.361. The van der Waals surface area contributed by atoms with Crippen LogP contribution in [0.3, 0.4) is 0 Å². The summed E-state index contributed by atoms with van der Waals surface area (Å²) in [6, 6.07) is 8.36. The molecule has 1 aromatic carbocycles. The molecule has 2 aliphatic heterocycles. The average molecular weight is 558 g/mol. The summed E-state index contributed by atoms with van der Waals surface area (Å²) in [5.41, 5.74) is 4.47. The minimum Gasteiger partial charge on any atom is -0.380 e. The Morgan fingerprint density at radius 3 is 2.76 bits per heavy atom. The summed E-state index contributed by atoms with van der Waals surface area (Å²) in [4.78, 5) is 29.2. The van der Waals surface area contributed by atoms with Gasteiger partial charge in [0.05, 0.1) is 30.2 Å². The molecule has 1 saturated heterocycles. The largest absolute Gasteiger partial charge is 0.380 e. The molecule has 1 amide bonds. The Morgan fingerprint density at radius 2 is 2.02 bits per heavy atom. The molecular formula is C29H35N9O3. The first-order valence-electron chi connectivity index (χ1n) is 13.9. The summed E-state index contributed by atoms with van der Waals surface area (Å²) >= 11 is 0. The molecule has 0 unspecified atom stereocenters. The molecule has 1 fully saturated rings. The van der Waals surface area contributed by atoms with E-state index in [1.54, 1.807) is 17.1 Å². The smallest absolute Gasteiger partial charge is 0.293 e. The fourth-order valence-corrected chi connectivity index (χ4v) is 5.30. The van der Waals surface area contributed by atoms with E-state index in [9.17, 15) is 4.79 Å². The average Bonchev–Trinajstić information content (AvgIpc) is 3.71. The fraction of sp³-hybridized carbons (Fsp3) is 0.448. The van der Waals surface area contributed by atoms with Crippen LogP contribution in [0.15, 0.2) is 47.4 Å². The number of benzene rings is 1.